The van der Waals surface area contributed by atoms with Crippen LogP contribution in [0.4, 0.5) is 0 Å². The Balaban J connectivity index is 1.61. The van der Waals surface area contributed by atoms with Gasteiger partial charge >= 0.3 is 0 Å². The zero-order valence-electron chi connectivity index (χ0n) is 16.3. The largest absolute Gasteiger partial charge is 0.352 e. The fraction of sp³-hybridized carbons (Fsp3) is 0.348. The molecule has 1 aliphatic heterocycles. The van der Waals surface area contributed by atoms with Crippen LogP contribution in [0.1, 0.15) is 55.6 Å². The Morgan fingerprint density at radius 1 is 0.931 bits per heavy atom. The molecule has 0 radical (unpaired) electrons. The van der Waals surface area contributed by atoms with Gasteiger partial charge in [-0.25, -0.2) is 0 Å². The van der Waals surface area contributed by atoms with E-state index in [4.69, 9.17) is 12.2 Å². The van der Waals surface area contributed by atoms with Crippen LogP contribution in [0.5, 0.6) is 0 Å². The maximum Gasteiger partial charge on any atom is 0.170 e. The first-order valence-electron chi connectivity index (χ1n) is 10.4. The molecule has 3 aromatic heterocycles. The van der Waals surface area contributed by atoms with Gasteiger partial charge in [-0.05, 0) is 61.5 Å². The summed E-state index contributed by atoms with van der Waals surface area (Å²) in [5.41, 5.74) is 3.37. The molecule has 1 saturated heterocycles. The van der Waals surface area contributed by atoms with E-state index in [2.05, 4.69) is 55.2 Å². The van der Waals surface area contributed by atoms with Gasteiger partial charge in [0.05, 0.1) is 17.8 Å². The lowest BCUT2D eigenvalue weighted by molar-refractivity contribution is 0.193. The molecule has 0 bridgehead atoms. The number of aromatic nitrogens is 3. The number of thiocarbonyl (C=S) groups is 1. The Morgan fingerprint density at radius 3 is 2.52 bits per heavy atom. The van der Waals surface area contributed by atoms with Gasteiger partial charge in [-0.3, -0.25) is 9.97 Å². The minimum Gasteiger partial charge on any atom is -0.352 e. The van der Waals surface area contributed by atoms with Gasteiger partial charge < -0.3 is 14.8 Å². The van der Waals surface area contributed by atoms with E-state index < -0.39 is 0 Å². The number of pyridine rings is 2. The minimum atomic E-state index is 0.0288. The molecule has 29 heavy (non-hydrogen) atoms. The van der Waals surface area contributed by atoms with Crippen molar-refractivity contribution in [1.82, 2.24) is 24.8 Å². The number of nitrogens with zero attached hydrogens (tertiary/aromatic N) is 4. The van der Waals surface area contributed by atoms with Gasteiger partial charge in [-0.2, -0.15) is 0 Å². The summed E-state index contributed by atoms with van der Waals surface area (Å²) in [7, 11) is 0. The molecule has 148 valence electrons. The summed E-state index contributed by atoms with van der Waals surface area (Å²) in [5.74, 6) is 0. The second-order valence-corrected chi connectivity index (χ2v) is 8.22. The molecule has 2 aliphatic rings. The van der Waals surface area contributed by atoms with E-state index in [0.29, 0.717) is 6.04 Å². The van der Waals surface area contributed by atoms with Crippen LogP contribution in [-0.2, 0) is 0 Å². The fourth-order valence-electron chi connectivity index (χ4n) is 4.81. The molecule has 2 atom stereocenters. The zero-order valence-corrected chi connectivity index (χ0v) is 17.1. The number of rotatable bonds is 4. The third-order valence-electron chi connectivity index (χ3n) is 6.13. The highest BCUT2D eigenvalue weighted by molar-refractivity contribution is 7.80. The molecule has 0 spiro atoms. The van der Waals surface area contributed by atoms with Crippen LogP contribution in [0.3, 0.4) is 0 Å². The molecule has 3 aromatic rings. The van der Waals surface area contributed by atoms with Crippen molar-refractivity contribution in [3.8, 4) is 5.69 Å². The molecule has 5 rings (SSSR count). The third-order valence-corrected chi connectivity index (χ3v) is 6.46. The molecular weight excluding hydrogens is 378 g/mol. The molecule has 1 aliphatic carbocycles. The van der Waals surface area contributed by atoms with E-state index in [0.717, 1.165) is 16.5 Å². The molecule has 0 unspecified atom stereocenters. The molecule has 1 N–H and O–H groups in total. The van der Waals surface area contributed by atoms with Gasteiger partial charge in [-0.1, -0.05) is 25.3 Å². The Labute approximate surface area is 176 Å². The molecule has 0 amide bonds. The topological polar surface area (TPSA) is 46.0 Å². The lowest BCUT2D eigenvalue weighted by Gasteiger charge is -2.37. The first-order chi connectivity index (χ1) is 14.3. The van der Waals surface area contributed by atoms with Crippen molar-refractivity contribution in [3.63, 3.8) is 0 Å². The van der Waals surface area contributed by atoms with Gasteiger partial charge in [0.1, 0.15) is 0 Å². The van der Waals surface area contributed by atoms with E-state index in [1.165, 1.54) is 37.8 Å². The van der Waals surface area contributed by atoms with Crippen LogP contribution in [0.15, 0.2) is 67.3 Å². The van der Waals surface area contributed by atoms with Gasteiger partial charge in [0.25, 0.3) is 0 Å². The molecular formula is C23H25N5S. The zero-order chi connectivity index (χ0) is 19.6. The van der Waals surface area contributed by atoms with Crippen LogP contribution in [0.2, 0.25) is 0 Å². The molecule has 0 aromatic carbocycles. The lowest BCUT2D eigenvalue weighted by Crippen LogP contribution is -2.40. The predicted octanol–water partition coefficient (Wildman–Crippen LogP) is 4.57. The van der Waals surface area contributed by atoms with Gasteiger partial charge in [0.15, 0.2) is 5.11 Å². The average Bonchev–Trinajstić information content (AvgIpc) is 3.40. The van der Waals surface area contributed by atoms with E-state index >= 15 is 0 Å². The van der Waals surface area contributed by atoms with Crippen molar-refractivity contribution in [2.75, 3.05) is 0 Å². The van der Waals surface area contributed by atoms with Crippen molar-refractivity contribution < 1.29 is 0 Å². The highest BCUT2D eigenvalue weighted by Crippen LogP contribution is 2.43. The predicted molar refractivity (Wildman–Crippen MR) is 118 cm³/mol. The van der Waals surface area contributed by atoms with Gasteiger partial charge in [-0.15, -0.1) is 0 Å². The minimum absolute atomic E-state index is 0.0288. The molecule has 5 nitrogen and oxygen atoms in total. The standard InChI is InChI=1S/C23H25N5S/c29-23-26-21(19-9-4-5-13-25-19)22(28(23)18-7-2-1-3-8-18)20-10-6-16-27(20)17-11-14-24-15-12-17/h4-6,9-16,18,21-22H,1-3,7-8H2,(H,26,29)/t21-,22+/m1/s1. The third kappa shape index (κ3) is 3.42. The summed E-state index contributed by atoms with van der Waals surface area (Å²) in [4.78, 5) is 11.3. The monoisotopic (exact) mass is 403 g/mol. The van der Waals surface area contributed by atoms with Gasteiger partial charge in [0, 0.05) is 42.2 Å². The van der Waals surface area contributed by atoms with Crippen LogP contribution in [-0.4, -0.2) is 30.6 Å². The summed E-state index contributed by atoms with van der Waals surface area (Å²) in [6.07, 6.45) is 13.9. The summed E-state index contributed by atoms with van der Waals surface area (Å²) in [6.45, 7) is 0. The Bertz CT molecular complexity index is 965. The maximum atomic E-state index is 5.88. The quantitative estimate of drug-likeness (QED) is 0.647. The molecule has 4 heterocycles. The number of nitrogens with one attached hydrogen (secondary N) is 1. The summed E-state index contributed by atoms with van der Waals surface area (Å²) in [6, 6.07) is 15.1. The van der Waals surface area contributed by atoms with E-state index in [-0.39, 0.29) is 12.1 Å². The van der Waals surface area contributed by atoms with Crippen LogP contribution in [0, 0.1) is 0 Å². The Morgan fingerprint density at radius 2 is 1.76 bits per heavy atom. The first-order valence-corrected chi connectivity index (χ1v) is 10.8. The molecule has 1 saturated carbocycles. The summed E-state index contributed by atoms with van der Waals surface area (Å²) < 4.78 is 2.26. The van der Waals surface area contributed by atoms with Crippen molar-refractivity contribution in [2.45, 2.75) is 50.2 Å². The van der Waals surface area contributed by atoms with Crippen LogP contribution < -0.4 is 5.32 Å². The van der Waals surface area contributed by atoms with Crippen molar-refractivity contribution >= 4 is 17.3 Å². The average molecular weight is 404 g/mol. The second-order valence-electron chi connectivity index (χ2n) is 7.83. The van der Waals surface area contributed by atoms with Gasteiger partial charge in [0.2, 0.25) is 0 Å². The SMILES string of the molecule is S=C1N[C@H](c2ccccn2)[C@H](c2cccn2-c2ccncc2)N1C1CCCCC1. The van der Waals surface area contributed by atoms with Crippen LogP contribution in [0.25, 0.3) is 5.69 Å². The summed E-state index contributed by atoms with van der Waals surface area (Å²) >= 11 is 5.88. The maximum absolute atomic E-state index is 5.88. The van der Waals surface area contributed by atoms with Crippen molar-refractivity contribution in [1.29, 1.82) is 0 Å². The normalized spacial score (nSPS) is 22.6. The summed E-state index contributed by atoms with van der Waals surface area (Å²) in [5, 5.41) is 4.45. The molecule has 6 heteroatoms. The van der Waals surface area contributed by atoms with E-state index in [9.17, 15) is 0 Å². The molecule has 2 fully saturated rings. The fourth-order valence-corrected chi connectivity index (χ4v) is 5.20. The smallest absolute Gasteiger partial charge is 0.170 e. The van der Waals surface area contributed by atoms with Crippen molar-refractivity contribution in [2.24, 2.45) is 0 Å². The van der Waals surface area contributed by atoms with Crippen molar-refractivity contribution in [3.05, 3.63) is 78.6 Å². The number of hydrogen-bond acceptors (Lipinski definition) is 3. The van der Waals surface area contributed by atoms with E-state index in [1.54, 1.807) is 0 Å². The second kappa shape index (κ2) is 7.95. The van der Waals surface area contributed by atoms with E-state index in [1.807, 2.05) is 36.8 Å². The number of hydrogen-bond donors (Lipinski definition) is 1. The first kappa shape index (κ1) is 18.3. The lowest BCUT2D eigenvalue weighted by atomic mass is 9.92. The highest BCUT2D eigenvalue weighted by atomic mass is 32.1. The highest BCUT2D eigenvalue weighted by Gasteiger charge is 2.44. The Hall–Kier alpha value is -2.73. The Kier molecular flexibility index (Phi) is 5.02. The van der Waals surface area contributed by atoms with Crippen LogP contribution >= 0.6 is 12.2 Å².